The van der Waals surface area contributed by atoms with E-state index in [0.717, 1.165) is 10.2 Å². The fourth-order valence-corrected chi connectivity index (χ4v) is 2.89. The number of anilines is 1. The van der Waals surface area contributed by atoms with Gasteiger partial charge in [0.1, 0.15) is 12.5 Å². The smallest absolute Gasteiger partial charge is 0.386 e. The van der Waals surface area contributed by atoms with Crippen LogP contribution in [0.3, 0.4) is 0 Å². The van der Waals surface area contributed by atoms with E-state index in [4.69, 9.17) is 4.42 Å². The van der Waals surface area contributed by atoms with Gasteiger partial charge in [0.2, 0.25) is 0 Å². The molecule has 0 aliphatic heterocycles. The topological polar surface area (TPSA) is 108 Å². The van der Waals surface area contributed by atoms with Crippen molar-refractivity contribution in [3.63, 3.8) is 0 Å². The summed E-state index contributed by atoms with van der Waals surface area (Å²) in [7, 11) is 1.44. The highest BCUT2D eigenvalue weighted by Gasteiger charge is 2.17. The molecule has 1 amide bonds. The number of hydrogen-bond donors (Lipinski definition) is 1. The van der Waals surface area contributed by atoms with Crippen molar-refractivity contribution >= 4 is 11.7 Å². The normalized spacial score (nSPS) is 10.9. The third-order valence-corrected chi connectivity index (χ3v) is 4.45. The number of rotatable bonds is 5. The molecule has 0 aliphatic carbocycles. The molecule has 30 heavy (non-hydrogen) atoms. The lowest BCUT2D eigenvalue weighted by Gasteiger charge is -2.08. The zero-order chi connectivity index (χ0) is 21.3. The van der Waals surface area contributed by atoms with E-state index in [1.807, 2.05) is 19.1 Å². The summed E-state index contributed by atoms with van der Waals surface area (Å²) in [4.78, 5) is 28.1. The maximum atomic E-state index is 13.5. The van der Waals surface area contributed by atoms with Crippen LogP contribution >= 0.6 is 0 Å². The molecule has 4 rings (SSSR count). The van der Waals surface area contributed by atoms with E-state index in [-0.39, 0.29) is 23.2 Å². The van der Waals surface area contributed by atoms with Crippen LogP contribution in [0.5, 0.6) is 0 Å². The van der Waals surface area contributed by atoms with E-state index >= 15 is 0 Å². The summed E-state index contributed by atoms with van der Waals surface area (Å²) >= 11 is 0. The Morgan fingerprint density at radius 1 is 1.20 bits per heavy atom. The van der Waals surface area contributed by atoms with Crippen molar-refractivity contribution in [1.82, 2.24) is 24.5 Å². The molecule has 0 fully saturated rings. The second kappa shape index (κ2) is 7.74. The van der Waals surface area contributed by atoms with Gasteiger partial charge >= 0.3 is 5.76 Å². The number of hydrogen-bond acceptors (Lipinski definition) is 6. The van der Waals surface area contributed by atoms with Crippen LogP contribution in [0.15, 0.2) is 57.9 Å². The lowest BCUT2D eigenvalue weighted by atomic mass is 10.1. The first kappa shape index (κ1) is 19.2. The fourth-order valence-electron chi connectivity index (χ4n) is 2.89. The SMILES string of the molecule is Cc1ccccc1C(=O)Nc1ccc(-n2nc(-c3nn(C)c(=O)o3)cc2CF)cn1. The van der Waals surface area contributed by atoms with Gasteiger partial charge in [-0.2, -0.15) is 9.78 Å². The summed E-state index contributed by atoms with van der Waals surface area (Å²) in [6.45, 7) is 1.05. The van der Waals surface area contributed by atoms with Gasteiger partial charge < -0.3 is 9.73 Å². The molecule has 0 bridgehead atoms. The van der Waals surface area contributed by atoms with Crippen molar-refractivity contribution in [1.29, 1.82) is 0 Å². The van der Waals surface area contributed by atoms with Crippen molar-refractivity contribution in [2.45, 2.75) is 13.6 Å². The van der Waals surface area contributed by atoms with E-state index in [1.165, 1.54) is 24.0 Å². The number of alkyl halides is 1. The number of carbonyl (C=O) groups is 1. The minimum Gasteiger partial charge on any atom is -0.386 e. The van der Waals surface area contributed by atoms with Gasteiger partial charge in [-0.05, 0) is 36.8 Å². The highest BCUT2D eigenvalue weighted by atomic mass is 19.1. The van der Waals surface area contributed by atoms with Crippen LogP contribution < -0.4 is 11.1 Å². The fraction of sp³-hybridized carbons (Fsp3) is 0.150. The monoisotopic (exact) mass is 408 g/mol. The third-order valence-electron chi connectivity index (χ3n) is 4.45. The molecule has 1 N–H and O–H groups in total. The molecule has 0 spiro atoms. The van der Waals surface area contributed by atoms with Crippen LogP contribution in [0.1, 0.15) is 21.6 Å². The first-order valence-corrected chi connectivity index (χ1v) is 8.99. The summed E-state index contributed by atoms with van der Waals surface area (Å²) < 4.78 is 20.9. The lowest BCUT2D eigenvalue weighted by molar-refractivity contribution is 0.102. The van der Waals surface area contributed by atoms with Crippen LogP contribution in [0.25, 0.3) is 17.3 Å². The van der Waals surface area contributed by atoms with Gasteiger partial charge in [0.25, 0.3) is 11.8 Å². The lowest BCUT2D eigenvalue weighted by Crippen LogP contribution is -2.14. The number of aromatic nitrogens is 5. The van der Waals surface area contributed by atoms with E-state index < -0.39 is 12.4 Å². The number of nitrogens with one attached hydrogen (secondary N) is 1. The predicted molar refractivity (Wildman–Crippen MR) is 106 cm³/mol. The molecule has 152 valence electrons. The number of carbonyl (C=O) groups excluding carboxylic acids is 1. The first-order chi connectivity index (χ1) is 14.5. The molecule has 9 nitrogen and oxygen atoms in total. The van der Waals surface area contributed by atoms with Gasteiger partial charge in [-0.15, -0.1) is 5.10 Å². The number of benzene rings is 1. The largest absolute Gasteiger partial charge is 0.437 e. The zero-order valence-electron chi connectivity index (χ0n) is 16.2. The second-order valence-electron chi connectivity index (χ2n) is 6.53. The molecule has 0 unspecified atom stereocenters. The zero-order valence-corrected chi connectivity index (χ0v) is 16.2. The highest BCUT2D eigenvalue weighted by Crippen LogP contribution is 2.21. The predicted octanol–water partition coefficient (Wildman–Crippen LogP) is 2.65. The summed E-state index contributed by atoms with van der Waals surface area (Å²) in [5.41, 5.74) is 2.33. The van der Waals surface area contributed by atoms with Crippen LogP contribution in [-0.4, -0.2) is 30.5 Å². The number of nitrogens with zero attached hydrogens (tertiary/aromatic N) is 5. The van der Waals surface area contributed by atoms with Gasteiger partial charge in [0.05, 0.1) is 17.6 Å². The molecule has 10 heteroatoms. The Balaban J connectivity index is 1.59. The third kappa shape index (κ3) is 3.62. The van der Waals surface area contributed by atoms with E-state index in [9.17, 15) is 14.0 Å². The number of aryl methyl sites for hydroxylation is 2. The van der Waals surface area contributed by atoms with Crippen molar-refractivity contribution in [2.24, 2.45) is 7.05 Å². The van der Waals surface area contributed by atoms with Crippen molar-refractivity contribution in [3.05, 3.63) is 76.0 Å². The molecule has 0 saturated carbocycles. The summed E-state index contributed by atoms with van der Waals surface area (Å²) in [5.74, 6) is -0.580. The van der Waals surface area contributed by atoms with Crippen LogP contribution in [-0.2, 0) is 13.7 Å². The minimum absolute atomic E-state index is 0.00831. The molecule has 1 aromatic carbocycles. The van der Waals surface area contributed by atoms with E-state index in [2.05, 4.69) is 20.5 Å². The summed E-state index contributed by atoms with van der Waals surface area (Å²) in [5, 5.41) is 10.9. The maximum absolute atomic E-state index is 13.5. The van der Waals surface area contributed by atoms with Gasteiger partial charge in [-0.1, -0.05) is 18.2 Å². The molecular weight excluding hydrogens is 391 g/mol. The highest BCUT2D eigenvalue weighted by molar-refractivity contribution is 6.04. The quantitative estimate of drug-likeness (QED) is 0.544. The average Bonchev–Trinajstić information content (AvgIpc) is 3.32. The molecule has 0 atom stereocenters. The second-order valence-corrected chi connectivity index (χ2v) is 6.53. The average molecular weight is 408 g/mol. The number of halogens is 1. The number of amides is 1. The van der Waals surface area contributed by atoms with Gasteiger partial charge in [0, 0.05) is 12.6 Å². The maximum Gasteiger partial charge on any atom is 0.437 e. The van der Waals surface area contributed by atoms with Crippen molar-refractivity contribution in [3.8, 4) is 17.3 Å². The number of pyridine rings is 1. The van der Waals surface area contributed by atoms with Gasteiger partial charge in [-0.25, -0.2) is 18.9 Å². The van der Waals surface area contributed by atoms with E-state index in [0.29, 0.717) is 17.1 Å². The van der Waals surface area contributed by atoms with Crippen LogP contribution in [0.4, 0.5) is 10.2 Å². The molecule has 3 aromatic heterocycles. The molecule has 0 radical (unpaired) electrons. The molecule has 4 aromatic rings. The Labute approximate surface area is 169 Å². The molecule has 0 saturated heterocycles. The van der Waals surface area contributed by atoms with Gasteiger partial charge in [0.15, 0.2) is 5.69 Å². The molecule has 0 aliphatic rings. The summed E-state index contributed by atoms with van der Waals surface area (Å²) in [6, 6.07) is 11.9. The van der Waals surface area contributed by atoms with Crippen LogP contribution in [0.2, 0.25) is 0 Å². The Hall–Kier alpha value is -4.08. The van der Waals surface area contributed by atoms with Crippen LogP contribution in [0, 0.1) is 6.92 Å². The molecular formula is C20H17FN6O3. The van der Waals surface area contributed by atoms with Crippen molar-refractivity contribution in [2.75, 3.05) is 5.32 Å². The Bertz CT molecular complexity index is 1270. The Morgan fingerprint density at radius 2 is 2.00 bits per heavy atom. The standard InChI is InChI=1S/C20H17FN6O3/c1-12-5-3-4-6-15(12)18(28)23-17-8-7-13(11-22-17)27-14(10-21)9-16(24-27)19-25-26(2)20(29)30-19/h3-9,11H,10H2,1-2H3,(H,22,23,28). The van der Waals surface area contributed by atoms with Crippen molar-refractivity contribution < 1.29 is 13.6 Å². The first-order valence-electron chi connectivity index (χ1n) is 8.99. The minimum atomic E-state index is -0.796. The Morgan fingerprint density at radius 3 is 2.63 bits per heavy atom. The summed E-state index contributed by atoms with van der Waals surface area (Å²) in [6.07, 6.45) is 1.46. The molecule has 3 heterocycles. The Kier molecular flexibility index (Phi) is 4.97. The van der Waals surface area contributed by atoms with Gasteiger partial charge in [-0.3, -0.25) is 4.79 Å². The van der Waals surface area contributed by atoms with E-state index in [1.54, 1.807) is 24.3 Å².